The Morgan fingerprint density at radius 3 is 2.82 bits per heavy atom. The number of esters is 1. The van der Waals surface area contributed by atoms with Crippen molar-refractivity contribution in [3.8, 4) is 0 Å². The largest absolute Gasteiger partial charge is 0.465 e. The van der Waals surface area contributed by atoms with Crippen LogP contribution in [0, 0.1) is 5.92 Å². The Morgan fingerprint density at radius 2 is 2.29 bits per heavy atom. The average molecular weight is 254 g/mol. The van der Waals surface area contributed by atoms with E-state index in [2.05, 4.69) is 16.6 Å². The first kappa shape index (κ1) is 12.2. The van der Waals surface area contributed by atoms with Crippen LogP contribution in [0.15, 0.2) is 18.2 Å². The summed E-state index contributed by atoms with van der Waals surface area (Å²) in [7, 11) is 1.36. The lowest BCUT2D eigenvalue weighted by Gasteiger charge is -2.18. The normalized spacial score (nSPS) is 19.5. The standard InChI is InChI=1S/C13H16ClNO2/c1-9-5-6-15(8-9)10-3-4-11(12(14)7-10)13(16)17-2/h3-4,7,9H,5-6,8H2,1-2H3/t9-/m1/s1. The molecule has 0 unspecified atom stereocenters. The smallest absolute Gasteiger partial charge is 0.339 e. The molecule has 0 saturated carbocycles. The molecule has 0 N–H and O–H groups in total. The molecule has 1 aliphatic heterocycles. The van der Waals surface area contributed by atoms with Crippen molar-refractivity contribution in [2.75, 3.05) is 25.1 Å². The minimum absolute atomic E-state index is 0.392. The van der Waals surface area contributed by atoms with Gasteiger partial charge >= 0.3 is 5.97 Å². The van der Waals surface area contributed by atoms with E-state index in [1.807, 2.05) is 12.1 Å². The number of carbonyl (C=O) groups excluding carboxylic acids is 1. The molecule has 0 bridgehead atoms. The molecule has 1 atom stereocenters. The maximum Gasteiger partial charge on any atom is 0.339 e. The van der Waals surface area contributed by atoms with Crippen molar-refractivity contribution in [2.24, 2.45) is 5.92 Å². The molecule has 0 aromatic heterocycles. The molecule has 1 aromatic carbocycles. The SMILES string of the molecule is COC(=O)c1ccc(N2CC[C@@H](C)C2)cc1Cl. The summed E-state index contributed by atoms with van der Waals surface area (Å²) in [6.07, 6.45) is 1.20. The second-order valence-corrected chi connectivity index (χ2v) is 4.90. The minimum atomic E-state index is -0.392. The van der Waals surface area contributed by atoms with E-state index in [1.54, 1.807) is 6.07 Å². The summed E-state index contributed by atoms with van der Waals surface area (Å²) >= 11 is 6.09. The Balaban J connectivity index is 2.22. The monoisotopic (exact) mass is 253 g/mol. The van der Waals surface area contributed by atoms with Crippen LogP contribution in [0.3, 0.4) is 0 Å². The molecule has 4 heteroatoms. The first-order chi connectivity index (χ1) is 8.11. The van der Waals surface area contributed by atoms with Gasteiger partial charge < -0.3 is 9.64 Å². The third-order valence-electron chi connectivity index (χ3n) is 3.15. The van der Waals surface area contributed by atoms with Crippen molar-refractivity contribution in [2.45, 2.75) is 13.3 Å². The van der Waals surface area contributed by atoms with Crippen LogP contribution in [-0.4, -0.2) is 26.2 Å². The van der Waals surface area contributed by atoms with Gasteiger partial charge in [-0.25, -0.2) is 4.79 Å². The third-order valence-corrected chi connectivity index (χ3v) is 3.46. The lowest BCUT2D eigenvalue weighted by atomic mass is 10.2. The molecule has 17 heavy (non-hydrogen) atoms. The van der Waals surface area contributed by atoms with Gasteiger partial charge in [0.2, 0.25) is 0 Å². The van der Waals surface area contributed by atoms with Crippen molar-refractivity contribution >= 4 is 23.3 Å². The van der Waals surface area contributed by atoms with Gasteiger partial charge in [-0.3, -0.25) is 0 Å². The van der Waals surface area contributed by atoms with Crippen LogP contribution < -0.4 is 4.90 Å². The maximum absolute atomic E-state index is 11.4. The first-order valence-corrected chi connectivity index (χ1v) is 6.12. The fourth-order valence-electron chi connectivity index (χ4n) is 2.15. The maximum atomic E-state index is 11.4. The molecule has 0 amide bonds. The highest BCUT2D eigenvalue weighted by Crippen LogP contribution is 2.28. The van der Waals surface area contributed by atoms with Crippen LogP contribution >= 0.6 is 11.6 Å². The molecule has 0 spiro atoms. The number of carbonyl (C=O) groups is 1. The van der Waals surface area contributed by atoms with Gasteiger partial charge in [-0.15, -0.1) is 0 Å². The Kier molecular flexibility index (Phi) is 3.57. The van der Waals surface area contributed by atoms with Gasteiger partial charge in [0, 0.05) is 18.8 Å². The van der Waals surface area contributed by atoms with Gasteiger partial charge in [-0.1, -0.05) is 18.5 Å². The number of hydrogen-bond acceptors (Lipinski definition) is 3. The second kappa shape index (κ2) is 4.96. The van der Waals surface area contributed by atoms with Crippen molar-refractivity contribution < 1.29 is 9.53 Å². The lowest BCUT2D eigenvalue weighted by Crippen LogP contribution is -2.19. The molecule has 1 aromatic rings. The zero-order chi connectivity index (χ0) is 12.4. The first-order valence-electron chi connectivity index (χ1n) is 5.74. The summed E-state index contributed by atoms with van der Waals surface area (Å²) in [5.74, 6) is 0.324. The number of methoxy groups -OCH3 is 1. The van der Waals surface area contributed by atoms with E-state index in [9.17, 15) is 4.79 Å². The number of hydrogen-bond donors (Lipinski definition) is 0. The lowest BCUT2D eigenvalue weighted by molar-refractivity contribution is 0.0601. The summed E-state index contributed by atoms with van der Waals surface area (Å²) in [5, 5.41) is 0.453. The molecule has 92 valence electrons. The van der Waals surface area contributed by atoms with Gasteiger partial charge in [0.15, 0.2) is 0 Å². The summed E-state index contributed by atoms with van der Waals surface area (Å²) < 4.78 is 4.66. The number of nitrogens with zero attached hydrogens (tertiary/aromatic N) is 1. The topological polar surface area (TPSA) is 29.5 Å². The Hall–Kier alpha value is -1.22. The summed E-state index contributed by atoms with van der Waals surface area (Å²) in [5.41, 5.74) is 1.50. The predicted octanol–water partition coefficient (Wildman–Crippen LogP) is 2.97. The van der Waals surface area contributed by atoms with Crippen LogP contribution in [0.25, 0.3) is 0 Å². The number of benzene rings is 1. The van der Waals surface area contributed by atoms with Gasteiger partial charge in [0.1, 0.15) is 0 Å². The van der Waals surface area contributed by atoms with E-state index in [-0.39, 0.29) is 0 Å². The van der Waals surface area contributed by atoms with Crippen molar-refractivity contribution in [3.63, 3.8) is 0 Å². The van der Waals surface area contributed by atoms with Gasteiger partial charge in [0.25, 0.3) is 0 Å². The van der Waals surface area contributed by atoms with E-state index in [0.29, 0.717) is 16.5 Å². The Morgan fingerprint density at radius 1 is 1.53 bits per heavy atom. The quantitative estimate of drug-likeness (QED) is 0.759. The third kappa shape index (κ3) is 2.55. The predicted molar refractivity (Wildman–Crippen MR) is 68.8 cm³/mol. The minimum Gasteiger partial charge on any atom is -0.465 e. The molecule has 1 aliphatic rings. The van der Waals surface area contributed by atoms with Crippen molar-refractivity contribution in [1.29, 1.82) is 0 Å². The zero-order valence-corrected chi connectivity index (χ0v) is 10.8. The number of anilines is 1. The highest BCUT2D eigenvalue weighted by Gasteiger charge is 2.20. The Labute approximate surface area is 106 Å². The van der Waals surface area contributed by atoms with E-state index in [1.165, 1.54) is 13.5 Å². The van der Waals surface area contributed by atoms with Crippen LogP contribution in [0.2, 0.25) is 5.02 Å². The van der Waals surface area contributed by atoms with Crippen LogP contribution in [0.1, 0.15) is 23.7 Å². The van der Waals surface area contributed by atoms with Crippen molar-refractivity contribution in [1.82, 2.24) is 0 Å². The van der Waals surface area contributed by atoms with Crippen molar-refractivity contribution in [3.05, 3.63) is 28.8 Å². The molecule has 1 fully saturated rings. The average Bonchev–Trinajstić information content (AvgIpc) is 2.75. The van der Waals surface area contributed by atoms with Crippen LogP contribution in [-0.2, 0) is 4.74 Å². The number of halogens is 1. The van der Waals surface area contributed by atoms with E-state index in [0.717, 1.165) is 18.8 Å². The van der Waals surface area contributed by atoms with Gasteiger partial charge in [-0.05, 0) is 30.5 Å². The molecule has 2 rings (SSSR count). The molecule has 1 heterocycles. The van der Waals surface area contributed by atoms with E-state index in [4.69, 9.17) is 11.6 Å². The number of rotatable bonds is 2. The van der Waals surface area contributed by atoms with Gasteiger partial charge in [0.05, 0.1) is 17.7 Å². The highest BCUT2D eigenvalue weighted by atomic mass is 35.5. The highest BCUT2D eigenvalue weighted by molar-refractivity contribution is 6.33. The fraction of sp³-hybridized carbons (Fsp3) is 0.462. The summed E-state index contributed by atoms with van der Waals surface area (Å²) in [6.45, 7) is 4.34. The van der Waals surface area contributed by atoms with Crippen LogP contribution in [0.5, 0.6) is 0 Å². The molecule has 0 aliphatic carbocycles. The van der Waals surface area contributed by atoms with Crippen LogP contribution in [0.4, 0.5) is 5.69 Å². The molecule has 3 nitrogen and oxygen atoms in total. The summed E-state index contributed by atoms with van der Waals surface area (Å²) in [6, 6.07) is 5.49. The fourth-order valence-corrected chi connectivity index (χ4v) is 2.40. The molecular formula is C13H16ClNO2. The molecule has 1 saturated heterocycles. The molecule has 0 radical (unpaired) electrons. The van der Waals surface area contributed by atoms with Gasteiger partial charge in [-0.2, -0.15) is 0 Å². The molecular weight excluding hydrogens is 238 g/mol. The van der Waals surface area contributed by atoms with E-state index < -0.39 is 5.97 Å². The van der Waals surface area contributed by atoms with E-state index >= 15 is 0 Å². The zero-order valence-electron chi connectivity index (χ0n) is 10.1. The Bertz CT molecular complexity index is 433. The second-order valence-electron chi connectivity index (χ2n) is 4.50. The summed E-state index contributed by atoms with van der Waals surface area (Å²) in [4.78, 5) is 13.7. The number of ether oxygens (including phenoxy) is 1.